The fraction of sp³-hybridized carbons (Fsp3) is 0.182. The molecule has 16 heavy (non-hydrogen) atoms. The van der Waals surface area contributed by atoms with Gasteiger partial charge in [0.1, 0.15) is 6.42 Å². The van der Waals surface area contributed by atoms with E-state index in [1.807, 2.05) is 30.3 Å². The molecule has 0 radical (unpaired) electrons. The number of hydrogen-bond acceptors (Lipinski definition) is 4. The smallest absolute Gasteiger partial charge is 0.312 e. The van der Waals surface area contributed by atoms with Gasteiger partial charge in [-0.05, 0) is 5.56 Å². The van der Waals surface area contributed by atoms with Crippen LogP contribution in [0.2, 0.25) is 0 Å². The maximum absolute atomic E-state index is 10.4. The largest absolute Gasteiger partial charge is 0.481 e. The minimum Gasteiger partial charge on any atom is -0.481 e. The Morgan fingerprint density at radius 1 is 1.31 bits per heavy atom. The van der Waals surface area contributed by atoms with Crippen molar-refractivity contribution in [1.82, 2.24) is 10.1 Å². The summed E-state index contributed by atoms with van der Waals surface area (Å²) < 4.78 is 4.81. The van der Waals surface area contributed by atoms with Crippen molar-refractivity contribution in [2.24, 2.45) is 0 Å². The predicted octanol–water partition coefficient (Wildman–Crippen LogP) is 1.29. The molecule has 1 N–H and O–H groups in total. The fourth-order valence-corrected chi connectivity index (χ4v) is 1.34. The molecule has 0 aliphatic rings. The molecule has 82 valence electrons. The van der Waals surface area contributed by atoms with Crippen molar-refractivity contribution < 1.29 is 14.4 Å². The van der Waals surface area contributed by atoms with Gasteiger partial charge in [-0.25, -0.2) is 0 Å². The summed E-state index contributed by atoms with van der Waals surface area (Å²) in [5, 5.41) is 12.3. The highest BCUT2D eigenvalue weighted by Crippen LogP contribution is 2.06. The molecule has 0 saturated carbocycles. The third-order valence-electron chi connectivity index (χ3n) is 2.02. The molecule has 0 spiro atoms. The van der Waals surface area contributed by atoms with E-state index in [1.54, 1.807) is 0 Å². The van der Waals surface area contributed by atoms with E-state index >= 15 is 0 Å². The van der Waals surface area contributed by atoms with Crippen molar-refractivity contribution in [1.29, 1.82) is 0 Å². The third kappa shape index (κ3) is 2.66. The minimum atomic E-state index is -0.977. The lowest BCUT2D eigenvalue weighted by Gasteiger charge is -1.93. The highest BCUT2D eigenvalue weighted by atomic mass is 16.5. The molecular weight excluding hydrogens is 208 g/mol. The Morgan fingerprint density at radius 2 is 2.06 bits per heavy atom. The van der Waals surface area contributed by atoms with Crippen LogP contribution < -0.4 is 0 Å². The van der Waals surface area contributed by atoms with Crippen LogP contribution in [0, 0.1) is 0 Å². The number of carboxylic acid groups (broad SMARTS) is 1. The van der Waals surface area contributed by atoms with Gasteiger partial charge in [-0.3, -0.25) is 4.79 Å². The highest BCUT2D eigenvalue weighted by molar-refractivity contribution is 5.68. The van der Waals surface area contributed by atoms with Crippen LogP contribution >= 0.6 is 0 Å². The van der Waals surface area contributed by atoms with E-state index in [2.05, 4.69) is 10.1 Å². The van der Waals surface area contributed by atoms with Crippen LogP contribution in [0.3, 0.4) is 0 Å². The van der Waals surface area contributed by atoms with Crippen LogP contribution in [0.4, 0.5) is 0 Å². The molecule has 0 bridgehead atoms. The molecule has 0 amide bonds. The van der Waals surface area contributed by atoms with Crippen LogP contribution in [0.1, 0.15) is 17.3 Å². The zero-order chi connectivity index (χ0) is 11.4. The quantitative estimate of drug-likeness (QED) is 0.836. The van der Waals surface area contributed by atoms with E-state index in [-0.39, 0.29) is 12.3 Å². The van der Waals surface area contributed by atoms with Gasteiger partial charge in [-0.2, -0.15) is 4.98 Å². The molecule has 0 saturated heterocycles. The zero-order valence-electron chi connectivity index (χ0n) is 8.46. The molecular formula is C11H10N2O3. The van der Waals surface area contributed by atoms with Gasteiger partial charge in [0, 0.05) is 6.42 Å². The average Bonchev–Trinajstić information content (AvgIpc) is 2.66. The number of hydrogen-bond donors (Lipinski definition) is 1. The van der Waals surface area contributed by atoms with Crippen LogP contribution in [-0.4, -0.2) is 21.2 Å². The van der Waals surface area contributed by atoms with E-state index in [4.69, 9.17) is 9.63 Å². The van der Waals surface area contributed by atoms with Gasteiger partial charge in [0.2, 0.25) is 5.89 Å². The molecule has 2 rings (SSSR count). The Labute approximate surface area is 91.7 Å². The molecule has 5 heteroatoms. The number of rotatable bonds is 4. The second kappa shape index (κ2) is 4.57. The van der Waals surface area contributed by atoms with Gasteiger partial charge in [0.25, 0.3) is 0 Å². The summed E-state index contributed by atoms with van der Waals surface area (Å²) >= 11 is 0. The summed E-state index contributed by atoms with van der Waals surface area (Å²) in [5.41, 5.74) is 1.06. The molecule has 1 heterocycles. The van der Waals surface area contributed by atoms with E-state index < -0.39 is 5.97 Å². The van der Waals surface area contributed by atoms with Crippen LogP contribution in [-0.2, 0) is 17.6 Å². The Bertz CT molecular complexity index is 479. The van der Waals surface area contributed by atoms with Crippen molar-refractivity contribution in [2.75, 3.05) is 0 Å². The lowest BCUT2D eigenvalue weighted by Crippen LogP contribution is -2.00. The Kier molecular flexibility index (Phi) is 2.95. The lowest BCUT2D eigenvalue weighted by molar-refractivity contribution is -0.136. The first-order valence-corrected chi connectivity index (χ1v) is 4.81. The number of nitrogens with zero attached hydrogens (tertiary/aromatic N) is 2. The molecule has 2 aromatic rings. The molecule has 0 atom stereocenters. The first kappa shape index (κ1) is 10.4. The van der Waals surface area contributed by atoms with Crippen LogP contribution in [0.25, 0.3) is 0 Å². The first-order valence-electron chi connectivity index (χ1n) is 4.81. The van der Waals surface area contributed by atoms with Crippen LogP contribution in [0.5, 0.6) is 0 Å². The summed E-state index contributed by atoms with van der Waals surface area (Å²) in [6, 6.07) is 9.68. The first-order chi connectivity index (χ1) is 7.74. The highest BCUT2D eigenvalue weighted by Gasteiger charge is 2.10. The molecule has 0 fully saturated rings. The fourth-order valence-electron chi connectivity index (χ4n) is 1.34. The summed E-state index contributed by atoms with van der Waals surface area (Å²) in [4.78, 5) is 14.4. The van der Waals surface area contributed by atoms with Crippen molar-refractivity contribution in [2.45, 2.75) is 12.8 Å². The van der Waals surface area contributed by atoms with Crippen molar-refractivity contribution in [3.05, 3.63) is 47.6 Å². The summed E-state index contributed by atoms with van der Waals surface area (Å²) in [6.07, 6.45) is 0.311. The normalized spacial score (nSPS) is 10.2. The molecule has 0 aliphatic carbocycles. The molecule has 5 nitrogen and oxygen atoms in total. The van der Waals surface area contributed by atoms with Crippen LogP contribution in [0.15, 0.2) is 34.9 Å². The summed E-state index contributed by atoms with van der Waals surface area (Å²) in [6.45, 7) is 0. The lowest BCUT2D eigenvalue weighted by atomic mass is 10.1. The summed E-state index contributed by atoms with van der Waals surface area (Å²) in [7, 11) is 0. The maximum Gasteiger partial charge on any atom is 0.312 e. The topological polar surface area (TPSA) is 76.2 Å². The zero-order valence-corrected chi connectivity index (χ0v) is 8.46. The Hall–Kier alpha value is -2.17. The molecule has 1 aromatic heterocycles. The van der Waals surface area contributed by atoms with Gasteiger partial charge in [-0.1, -0.05) is 35.5 Å². The minimum absolute atomic E-state index is 0.137. The second-order valence-corrected chi connectivity index (χ2v) is 3.34. The van der Waals surface area contributed by atoms with Gasteiger partial charge in [0.15, 0.2) is 5.82 Å². The van der Waals surface area contributed by atoms with Gasteiger partial charge < -0.3 is 9.63 Å². The summed E-state index contributed by atoms with van der Waals surface area (Å²) in [5.74, 6) is -0.337. The number of carbonyl (C=O) groups is 1. The van der Waals surface area contributed by atoms with Crippen molar-refractivity contribution >= 4 is 5.97 Å². The third-order valence-corrected chi connectivity index (χ3v) is 2.02. The Morgan fingerprint density at radius 3 is 2.75 bits per heavy atom. The number of carboxylic acids is 1. The molecule has 0 aliphatic heterocycles. The predicted molar refractivity (Wildman–Crippen MR) is 54.9 cm³/mol. The molecule has 0 unspecified atom stereocenters. The SMILES string of the molecule is O=C(O)Cc1nc(Cc2ccccc2)no1. The van der Waals surface area contributed by atoms with Crippen molar-refractivity contribution in [3.8, 4) is 0 Å². The van der Waals surface area contributed by atoms with Gasteiger partial charge in [-0.15, -0.1) is 0 Å². The van der Waals surface area contributed by atoms with E-state index in [0.717, 1.165) is 5.56 Å². The van der Waals surface area contributed by atoms with Gasteiger partial charge >= 0.3 is 5.97 Å². The van der Waals surface area contributed by atoms with Crippen molar-refractivity contribution in [3.63, 3.8) is 0 Å². The number of aromatic nitrogens is 2. The monoisotopic (exact) mass is 218 g/mol. The Balaban J connectivity index is 2.06. The standard InChI is InChI=1S/C11H10N2O3/c14-11(15)7-10-12-9(13-16-10)6-8-4-2-1-3-5-8/h1-5H,6-7H2,(H,14,15). The second-order valence-electron chi connectivity index (χ2n) is 3.34. The van der Waals surface area contributed by atoms with Gasteiger partial charge in [0.05, 0.1) is 0 Å². The van der Waals surface area contributed by atoms with E-state index in [1.165, 1.54) is 0 Å². The maximum atomic E-state index is 10.4. The average molecular weight is 218 g/mol. The number of benzene rings is 1. The number of aliphatic carboxylic acids is 1. The molecule has 1 aromatic carbocycles. The van der Waals surface area contributed by atoms with E-state index in [0.29, 0.717) is 12.2 Å². The van der Waals surface area contributed by atoms with E-state index in [9.17, 15) is 4.79 Å².